The summed E-state index contributed by atoms with van der Waals surface area (Å²) in [6.45, 7) is 0. The van der Waals surface area contributed by atoms with Crippen LogP contribution in [0.1, 0.15) is 0 Å². The van der Waals surface area contributed by atoms with Gasteiger partial charge in [-0.05, 0) is 0 Å². The molecule has 39 valence electrons. The van der Waals surface area contributed by atoms with Gasteiger partial charge in [-0.2, -0.15) is 0 Å². The van der Waals surface area contributed by atoms with Crippen LogP contribution < -0.4 is 3.12 Å². The Morgan fingerprint density at radius 2 is 1.62 bits per heavy atom. The minimum atomic E-state index is 0.351. The van der Waals surface area contributed by atoms with Crippen LogP contribution in [0, 0.1) is 0 Å². The van der Waals surface area contributed by atoms with E-state index in [9.17, 15) is 0 Å². The summed E-state index contributed by atoms with van der Waals surface area (Å²) in [4.78, 5) is 0. The van der Waals surface area contributed by atoms with Crippen molar-refractivity contribution in [1.29, 1.82) is 0 Å². The van der Waals surface area contributed by atoms with Crippen molar-refractivity contribution in [1.82, 2.24) is 0 Å². The zero-order valence-electron chi connectivity index (χ0n) is 4.26. The topological polar surface area (TPSA) is 20.2 Å². The van der Waals surface area contributed by atoms with E-state index >= 15 is 0 Å². The number of rotatable bonds is 0. The average Bonchev–Trinajstić information content (AvgIpc) is 1.77. The second-order valence-corrected chi connectivity index (χ2v) is 3.79. The van der Waals surface area contributed by atoms with E-state index in [2.05, 4.69) is 0 Å². The molecule has 0 saturated heterocycles. The molecular weight excluding hydrogens is 295 g/mol. The van der Waals surface area contributed by atoms with Gasteiger partial charge in [-0.25, -0.2) is 0 Å². The van der Waals surface area contributed by atoms with E-state index in [0.29, 0.717) is 5.75 Å². The fourth-order valence-corrected chi connectivity index (χ4v) is 1.11. The molecule has 1 aromatic carbocycles. The van der Waals surface area contributed by atoms with Gasteiger partial charge in [-0.15, -0.1) is 0 Å². The van der Waals surface area contributed by atoms with Crippen molar-refractivity contribution in [3.8, 4) is 5.75 Å². The van der Waals surface area contributed by atoms with Crippen molar-refractivity contribution >= 4 is 28.9 Å². The molecule has 1 aromatic rings. The molecule has 1 rings (SSSR count). The summed E-state index contributed by atoms with van der Waals surface area (Å²) in [5, 5.41) is 8.77. The van der Waals surface area contributed by atoms with Crippen LogP contribution in [0.5, 0.6) is 5.75 Å². The molecule has 8 heavy (non-hydrogen) atoms. The number of phenolic OH excluding ortho intramolecular Hbond substituents is 1. The van der Waals surface area contributed by atoms with Crippen LogP contribution >= 0.6 is 0 Å². The number of phenols is 1. The van der Waals surface area contributed by atoms with E-state index < -0.39 is 0 Å². The van der Waals surface area contributed by atoms with E-state index in [-0.39, 0.29) is 0 Å². The summed E-state index contributed by atoms with van der Waals surface area (Å²) in [5.41, 5.74) is 0. The van der Waals surface area contributed by atoms with Crippen LogP contribution in [0.3, 0.4) is 0 Å². The molecule has 0 unspecified atom stereocenters. The zero-order chi connectivity index (χ0) is 5.98. The normalized spacial score (nSPS) is 9.12. The Hall–Kier alpha value is -0.0579. The second kappa shape index (κ2) is 2.48. The van der Waals surface area contributed by atoms with E-state index in [0.717, 1.165) is 25.8 Å². The van der Waals surface area contributed by atoms with E-state index in [1.54, 1.807) is 12.1 Å². The van der Waals surface area contributed by atoms with Crippen LogP contribution in [0.2, 0.25) is 0 Å². The van der Waals surface area contributed by atoms with Gasteiger partial charge < -0.3 is 0 Å². The Morgan fingerprint density at radius 3 is 2.00 bits per heavy atom. The third-order valence-electron chi connectivity index (χ3n) is 0.867. The molecule has 0 fully saturated rings. The molecule has 2 heteroatoms. The van der Waals surface area contributed by atoms with Crippen LogP contribution in [-0.4, -0.2) is 30.9 Å². The van der Waals surface area contributed by atoms with Crippen molar-refractivity contribution in [2.75, 3.05) is 0 Å². The molecule has 0 aliphatic carbocycles. The molecule has 0 aromatic heterocycles. The molecule has 1 N–H and O–H groups in total. The molecule has 3 radical (unpaired) electrons. The van der Waals surface area contributed by atoms with Crippen molar-refractivity contribution in [2.45, 2.75) is 0 Å². The Bertz CT molecular complexity index is 147. The van der Waals surface area contributed by atoms with Crippen LogP contribution in [-0.2, 0) is 0 Å². The summed E-state index contributed by atoms with van der Waals surface area (Å²) >= 11 is 1.06. The Labute approximate surface area is 64.0 Å². The van der Waals surface area contributed by atoms with Crippen molar-refractivity contribution < 1.29 is 5.11 Å². The number of hydrogen-bond donors (Lipinski definition) is 1. The van der Waals surface area contributed by atoms with E-state index in [4.69, 9.17) is 5.11 Å². The molecule has 0 atom stereocenters. The molecular formula is C6H5OPb. The average molecular weight is 300 g/mol. The summed E-state index contributed by atoms with van der Waals surface area (Å²) in [6.07, 6.45) is 0. The molecule has 0 amide bonds. The van der Waals surface area contributed by atoms with Crippen LogP contribution in [0.25, 0.3) is 0 Å². The van der Waals surface area contributed by atoms with Gasteiger partial charge in [0.15, 0.2) is 0 Å². The van der Waals surface area contributed by atoms with Gasteiger partial charge in [-0.3, -0.25) is 0 Å². The quantitative estimate of drug-likeness (QED) is 0.678. The van der Waals surface area contributed by atoms with Gasteiger partial charge in [-0.1, -0.05) is 0 Å². The summed E-state index contributed by atoms with van der Waals surface area (Å²) in [5.74, 6) is 0.351. The first-order chi connectivity index (χ1) is 3.79. The Morgan fingerprint density at radius 1 is 1.12 bits per heavy atom. The maximum absolute atomic E-state index is 8.77. The first kappa shape index (κ1) is 6.07. The number of benzene rings is 1. The summed E-state index contributed by atoms with van der Waals surface area (Å²) in [7, 11) is 0. The predicted octanol–water partition coefficient (Wildman–Crippen LogP) is 0.186. The van der Waals surface area contributed by atoms with Crippen molar-refractivity contribution in [3.63, 3.8) is 0 Å². The van der Waals surface area contributed by atoms with Gasteiger partial charge in [0.2, 0.25) is 0 Å². The van der Waals surface area contributed by atoms with Crippen molar-refractivity contribution in [2.24, 2.45) is 0 Å². The number of aromatic hydroxyl groups is 1. The van der Waals surface area contributed by atoms with Gasteiger partial charge >= 0.3 is 64.0 Å². The molecule has 0 spiro atoms. The molecule has 0 heterocycles. The third kappa shape index (κ3) is 1.47. The first-order valence-corrected chi connectivity index (χ1v) is 4.24. The van der Waals surface area contributed by atoms with Gasteiger partial charge in [0, 0.05) is 0 Å². The Balaban J connectivity index is 3.03. The van der Waals surface area contributed by atoms with Crippen molar-refractivity contribution in [3.05, 3.63) is 24.3 Å². The standard InChI is InChI=1S/C6H5O.Pb/c7-6-4-2-1-3-5-6;/h2-5,7H;. The second-order valence-electron chi connectivity index (χ2n) is 1.55. The first-order valence-electron chi connectivity index (χ1n) is 2.29. The minimum absolute atomic E-state index is 0.351. The molecule has 0 aliphatic rings. The van der Waals surface area contributed by atoms with E-state index in [1.807, 2.05) is 12.1 Å². The van der Waals surface area contributed by atoms with Gasteiger partial charge in [0.05, 0.1) is 0 Å². The third-order valence-corrected chi connectivity index (χ3v) is 2.16. The fourth-order valence-electron chi connectivity index (χ4n) is 0.461. The SMILES string of the molecule is Oc1cc[c]([Pb])cc1. The fraction of sp³-hybridized carbons (Fsp3) is 0. The molecule has 0 saturated carbocycles. The van der Waals surface area contributed by atoms with Crippen LogP contribution in [0.15, 0.2) is 24.3 Å². The maximum atomic E-state index is 8.77. The number of hydrogen-bond acceptors (Lipinski definition) is 1. The Kier molecular flexibility index (Phi) is 1.88. The monoisotopic (exact) mass is 301 g/mol. The molecule has 0 aliphatic heterocycles. The molecule has 0 bridgehead atoms. The predicted molar refractivity (Wildman–Crippen MR) is 33.5 cm³/mol. The summed E-state index contributed by atoms with van der Waals surface area (Å²) in [6, 6.07) is 7.29. The van der Waals surface area contributed by atoms with E-state index in [1.165, 1.54) is 3.12 Å². The summed E-state index contributed by atoms with van der Waals surface area (Å²) < 4.78 is 1.31. The zero-order valence-corrected chi connectivity index (χ0v) is 8.14. The van der Waals surface area contributed by atoms with Crippen LogP contribution in [0.4, 0.5) is 0 Å². The van der Waals surface area contributed by atoms with Gasteiger partial charge in [0.25, 0.3) is 0 Å². The van der Waals surface area contributed by atoms with Gasteiger partial charge in [0.1, 0.15) is 0 Å². The molecule has 1 nitrogen and oxygen atoms in total.